The molecular weight excluding hydrogens is 230 g/mol. The maximum atomic E-state index is 9.81. The van der Waals surface area contributed by atoms with Gasteiger partial charge in [0.1, 0.15) is 0 Å². The number of halogens is 1. The lowest BCUT2D eigenvalue weighted by atomic mass is 9.86. The minimum absolute atomic E-state index is 0.109. The Morgan fingerprint density at radius 2 is 2.23 bits per heavy atom. The molecule has 3 heteroatoms. The Hall–Kier alpha value is -0.380. The summed E-state index contributed by atoms with van der Waals surface area (Å²) in [4.78, 5) is 0. The third-order valence-electron chi connectivity index (χ3n) is 2.58. The summed E-state index contributed by atoms with van der Waals surface area (Å²) in [6.07, 6.45) is 1.35. The van der Waals surface area contributed by atoms with Crippen molar-refractivity contribution >= 4 is 15.9 Å². The van der Waals surface area contributed by atoms with Crippen LogP contribution in [0, 0.1) is 0 Å². The zero-order chi connectivity index (χ0) is 9.42. The molecule has 2 atom stereocenters. The molecule has 0 radical (unpaired) electrons. The first-order chi connectivity index (χ1) is 6.18. The molecule has 1 aromatic carbocycles. The minimum atomic E-state index is -0.499. The van der Waals surface area contributed by atoms with E-state index in [1.807, 2.05) is 12.1 Å². The number of benzene rings is 1. The first-order valence-corrected chi connectivity index (χ1v) is 5.20. The van der Waals surface area contributed by atoms with E-state index in [0.717, 1.165) is 22.9 Å². The fraction of sp³-hybridized carbons (Fsp3) is 0.400. The second-order valence-corrected chi connectivity index (χ2v) is 4.41. The predicted octanol–water partition coefficient (Wildman–Crippen LogP) is 1.76. The zero-order valence-electron chi connectivity index (χ0n) is 7.20. The van der Waals surface area contributed by atoms with Gasteiger partial charge in [-0.3, -0.25) is 0 Å². The van der Waals surface area contributed by atoms with E-state index in [0.29, 0.717) is 0 Å². The highest BCUT2D eigenvalue weighted by Crippen LogP contribution is 2.30. The molecule has 0 amide bonds. The van der Waals surface area contributed by atoms with Crippen LogP contribution >= 0.6 is 15.9 Å². The van der Waals surface area contributed by atoms with Crippen molar-refractivity contribution in [3.05, 3.63) is 33.8 Å². The second kappa shape index (κ2) is 3.40. The van der Waals surface area contributed by atoms with Crippen LogP contribution < -0.4 is 5.73 Å². The van der Waals surface area contributed by atoms with Crippen molar-refractivity contribution in [2.45, 2.75) is 25.0 Å². The molecule has 1 aromatic rings. The molecule has 1 aliphatic carbocycles. The van der Waals surface area contributed by atoms with Crippen LogP contribution in [-0.4, -0.2) is 11.1 Å². The van der Waals surface area contributed by atoms with Gasteiger partial charge in [0.15, 0.2) is 0 Å². The second-order valence-electron chi connectivity index (χ2n) is 3.49. The number of nitrogens with two attached hydrogens (primary N) is 1. The van der Waals surface area contributed by atoms with Crippen LogP contribution in [0.3, 0.4) is 0 Å². The van der Waals surface area contributed by atoms with Crippen molar-refractivity contribution in [1.82, 2.24) is 0 Å². The van der Waals surface area contributed by atoms with Gasteiger partial charge in [0.25, 0.3) is 0 Å². The van der Waals surface area contributed by atoms with Crippen molar-refractivity contribution in [3.63, 3.8) is 0 Å². The maximum Gasteiger partial charge on any atom is 0.0944 e. The summed E-state index contributed by atoms with van der Waals surface area (Å²) >= 11 is 3.39. The van der Waals surface area contributed by atoms with Gasteiger partial charge >= 0.3 is 0 Å². The molecule has 0 unspecified atom stereocenters. The van der Waals surface area contributed by atoms with Crippen LogP contribution in [0.15, 0.2) is 22.7 Å². The number of rotatable bonds is 0. The van der Waals surface area contributed by atoms with Crippen molar-refractivity contribution in [2.75, 3.05) is 0 Å². The first kappa shape index (κ1) is 9.19. The number of aliphatic hydroxyl groups is 1. The van der Waals surface area contributed by atoms with Crippen molar-refractivity contribution in [2.24, 2.45) is 5.73 Å². The SMILES string of the molecule is N[C@@H]1CCc2ccc(Br)cc2[C@H]1O. The summed E-state index contributed by atoms with van der Waals surface area (Å²) in [6.45, 7) is 0. The predicted molar refractivity (Wildman–Crippen MR) is 55.4 cm³/mol. The molecular formula is C10H12BrNO. The van der Waals surface area contributed by atoms with Crippen LogP contribution in [0.5, 0.6) is 0 Å². The number of aliphatic hydroxyl groups excluding tert-OH is 1. The van der Waals surface area contributed by atoms with Gasteiger partial charge in [-0.1, -0.05) is 22.0 Å². The molecule has 0 aromatic heterocycles. The van der Waals surface area contributed by atoms with E-state index in [-0.39, 0.29) is 6.04 Å². The van der Waals surface area contributed by atoms with Gasteiger partial charge in [-0.05, 0) is 36.1 Å². The van der Waals surface area contributed by atoms with Gasteiger partial charge in [-0.2, -0.15) is 0 Å². The summed E-state index contributed by atoms with van der Waals surface area (Å²) in [5.74, 6) is 0. The summed E-state index contributed by atoms with van der Waals surface area (Å²) in [5, 5.41) is 9.81. The molecule has 70 valence electrons. The van der Waals surface area contributed by atoms with Gasteiger partial charge in [0.2, 0.25) is 0 Å². The van der Waals surface area contributed by atoms with E-state index < -0.39 is 6.10 Å². The van der Waals surface area contributed by atoms with Crippen molar-refractivity contribution in [3.8, 4) is 0 Å². The number of aryl methyl sites for hydroxylation is 1. The Morgan fingerprint density at radius 3 is 3.00 bits per heavy atom. The molecule has 0 aliphatic heterocycles. The van der Waals surface area contributed by atoms with E-state index >= 15 is 0 Å². The standard InChI is InChI=1S/C10H12BrNO/c11-7-3-1-6-2-4-9(12)10(13)8(6)5-7/h1,3,5,9-10,13H,2,4,12H2/t9-,10-/m1/s1. The Labute approximate surface area is 85.9 Å². The van der Waals surface area contributed by atoms with Gasteiger partial charge in [0.05, 0.1) is 6.10 Å². The van der Waals surface area contributed by atoms with Gasteiger partial charge in [-0.25, -0.2) is 0 Å². The highest BCUT2D eigenvalue weighted by Gasteiger charge is 2.24. The first-order valence-electron chi connectivity index (χ1n) is 4.40. The van der Waals surface area contributed by atoms with Crippen LogP contribution in [0.1, 0.15) is 23.7 Å². The highest BCUT2D eigenvalue weighted by molar-refractivity contribution is 9.10. The molecule has 13 heavy (non-hydrogen) atoms. The minimum Gasteiger partial charge on any atom is -0.387 e. The lowest BCUT2D eigenvalue weighted by Crippen LogP contribution is -2.32. The van der Waals surface area contributed by atoms with Gasteiger partial charge in [0, 0.05) is 10.5 Å². The molecule has 2 rings (SSSR count). The fourth-order valence-corrected chi connectivity index (χ4v) is 2.16. The largest absolute Gasteiger partial charge is 0.387 e. The Balaban J connectivity index is 2.45. The Morgan fingerprint density at radius 1 is 1.46 bits per heavy atom. The molecule has 0 bridgehead atoms. The molecule has 0 heterocycles. The van der Waals surface area contributed by atoms with Gasteiger partial charge in [-0.15, -0.1) is 0 Å². The average molecular weight is 242 g/mol. The normalized spacial score (nSPS) is 27.0. The van der Waals surface area contributed by atoms with Gasteiger partial charge < -0.3 is 10.8 Å². The van der Waals surface area contributed by atoms with Crippen LogP contribution in [0.4, 0.5) is 0 Å². The zero-order valence-corrected chi connectivity index (χ0v) is 8.79. The molecule has 2 nitrogen and oxygen atoms in total. The lowest BCUT2D eigenvalue weighted by molar-refractivity contribution is 0.134. The summed E-state index contributed by atoms with van der Waals surface area (Å²) in [7, 11) is 0. The lowest BCUT2D eigenvalue weighted by Gasteiger charge is -2.27. The summed E-state index contributed by atoms with van der Waals surface area (Å²) in [5.41, 5.74) is 7.98. The molecule has 3 N–H and O–H groups in total. The van der Waals surface area contributed by atoms with E-state index in [9.17, 15) is 5.11 Å². The highest BCUT2D eigenvalue weighted by atomic mass is 79.9. The van der Waals surface area contributed by atoms with Crippen molar-refractivity contribution in [1.29, 1.82) is 0 Å². The van der Waals surface area contributed by atoms with Crippen LogP contribution in [0.25, 0.3) is 0 Å². The smallest absolute Gasteiger partial charge is 0.0944 e. The Kier molecular flexibility index (Phi) is 2.41. The molecule has 0 fully saturated rings. The Bertz CT molecular complexity index is 327. The third-order valence-corrected chi connectivity index (χ3v) is 3.07. The quantitative estimate of drug-likeness (QED) is 0.728. The fourth-order valence-electron chi connectivity index (χ4n) is 1.78. The van der Waals surface area contributed by atoms with E-state index in [4.69, 9.17) is 5.73 Å². The number of fused-ring (bicyclic) bond motifs is 1. The van der Waals surface area contributed by atoms with Crippen LogP contribution in [-0.2, 0) is 6.42 Å². The molecule has 0 saturated carbocycles. The molecule has 0 spiro atoms. The monoisotopic (exact) mass is 241 g/mol. The van der Waals surface area contributed by atoms with E-state index in [1.165, 1.54) is 5.56 Å². The van der Waals surface area contributed by atoms with E-state index in [2.05, 4.69) is 22.0 Å². The number of hydrogen-bond donors (Lipinski definition) is 2. The topological polar surface area (TPSA) is 46.2 Å². The molecule has 0 saturated heterocycles. The van der Waals surface area contributed by atoms with Crippen molar-refractivity contribution < 1.29 is 5.11 Å². The number of hydrogen-bond acceptors (Lipinski definition) is 2. The summed E-state index contributed by atoms with van der Waals surface area (Å²) in [6, 6.07) is 5.90. The maximum absolute atomic E-state index is 9.81. The summed E-state index contributed by atoms with van der Waals surface area (Å²) < 4.78 is 0.999. The molecule has 1 aliphatic rings. The van der Waals surface area contributed by atoms with E-state index in [1.54, 1.807) is 0 Å². The third kappa shape index (κ3) is 1.64. The van der Waals surface area contributed by atoms with Crippen LogP contribution in [0.2, 0.25) is 0 Å². The average Bonchev–Trinajstić information content (AvgIpc) is 2.12.